The SMILES string of the molecule is CCCCC1=CC(C)OC1=Nc1c(C)cccc1C. The zero-order valence-corrected chi connectivity index (χ0v) is 12.4. The summed E-state index contributed by atoms with van der Waals surface area (Å²) in [6, 6.07) is 6.26. The highest BCUT2D eigenvalue weighted by molar-refractivity contribution is 5.97. The number of unbranched alkanes of at least 4 members (excludes halogenated alkanes) is 1. The summed E-state index contributed by atoms with van der Waals surface area (Å²) in [4.78, 5) is 4.77. The maximum absolute atomic E-state index is 5.84. The van der Waals surface area contributed by atoms with E-state index in [0.29, 0.717) is 0 Å². The molecule has 1 aromatic carbocycles. The molecule has 102 valence electrons. The molecule has 1 aliphatic rings. The maximum Gasteiger partial charge on any atom is 0.217 e. The number of aliphatic imine (C=N–C) groups is 1. The lowest BCUT2D eigenvalue weighted by Crippen LogP contribution is -2.05. The number of rotatable bonds is 4. The Kier molecular flexibility index (Phi) is 4.41. The number of benzene rings is 1. The number of hydrogen-bond acceptors (Lipinski definition) is 2. The predicted octanol–water partition coefficient (Wildman–Crippen LogP) is 4.87. The molecule has 0 N–H and O–H groups in total. The van der Waals surface area contributed by atoms with Crippen LogP contribution in [0.15, 0.2) is 34.8 Å². The molecule has 0 saturated carbocycles. The van der Waals surface area contributed by atoms with Gasteiger partial charge in [-0.2, -0.15) is 0 Å². The molecule has 0 saturated heterocycles. The molecule has 1 aliphatic heterocycles. The first kappa shape index (κ1) is 13.9. The van der Waals surface area contributed by atoms with Gasteiger partial charge in [0.05, 0.1) is 5.69 Å². The van der Waals surface area contributed by atoms with Crippen molar-refractivity contribution >= 4 is 11.6 Å². The topological polar surface area (TPSA) is 21.6 Å². The first-order chi connectivity index (χ1) is 9.11. The Bertz CT molecular complexity index is 494. The lowest BCUT2D eigenvalue weighted by atomic mass is 10.1. The second kappa shape index (κ2) is 6.05. The first-order valence-corrected chi connectivity index (χ1v) is 7.14. The highest BCUT2D eigenvalue weighted by Gasteiger charge is 2.20. The molecule has 1 atom stereocenters. The summed E-state index contributed by atoms with van der Waals surface area (Å²) in [5.41, 5.74) is 4.71. The summed E-state index contributed by atoms with van der Waals surface area (Å²) < 4.78 is 5.84. The minimum atomic E-state index is 0.148. The lowest BCUT2D eigenvalue weighted by Gasteiger charge is -2.09. The second-order valence-electron chi connectivity index (χ2n) is 5.28. The Morgan fingerprint density at radius 1 is 1.21 bits per heavy atom. The van der Waals surface area contributed by atoms with Gasteiger partial charge in [-0.05, 0) is 50.8 Å². The van der Waals surface area contributed by atoms with E-state index in [4.69, 9.17) is 9.73 Å². The van der Waals surface area contributed by atoms with Gasteiger partial charge in [0, 0.05) is 5.57 Å². The Balaban J connectivity index is 2.30. The van der Waals surface area contributed by atoms with Crippen molar-refractivity contribution in [3.8, 4) is 0 Å². The van der Waals surface area contributed by atoms with E-state index >= 15 is 0 Å². The van der Waals surface area contributed by atoms with E-state index in [1.807, 2.05) is 0 Å². The smallest absolute Gasteiger partial charge is 0.217 e. The van der Waals surface area contributed by atoms with Gasteiger partial charge in [0.25, 0.3) is 0 Å². The summed E-state index contributed by atoms with van der Waals surface area (Å²) in [5, 5.41) is 0. The van der Waals surface area contributed by atoms with Crippen molar-refractivity contribution in [1.29, 1.82) is 0 Å². The molecule has 0 fully saturated rings. The molecular weight excluding hydrogens is 234 g/mol. The van der Waals surface area contributed by atoms with Crippen LogP contribution in [-0.2, 0) is 4.74 Å². The second-order valence-corrected chi connectivity index (χ2v) is 5.28. The largest absolute Gasteiger partial charge is 0.470 e. The van der Waals surface area contributed by atoms with Gasteiger partial charge in [0.2, 0.25) is 5.90 Å². The Hall–Kier alpha value is -1.57. The van der Waals surface area contributed by atoms with Gasteiger partial charge in [0.15, 0.2) is 0 Å². The molecular formula is C17H23NO. The molecule has 19 heavy (non-hydrogen) atoms. The van der Waals surface area contributed by atoms with E-state index in [1.54, 1.807) is 0 Å². The van der Waals surface area contributed by atoms with Gasteiger partial charge in [-0.25, -0.2) is 4.99 Å². The summed E-state index contributed by atoms with van der Waals surface area (Å²) in [7, 11) is 0. The third-order valence-electron chi connectivity index (χ3n) is 3.46. The quantitative estimate of drug-likeness (QED) is 0.754. The minimum Gasteiger partial charge on any atom is -0.470 e. The van der Waals surface area contributed by atoms with Gasteiger partial charge in [-0.15, -0.1) is 0 Å². The number of hydrogen-bond donors (Lipinski definition) is 0. The van der Waals surface area contributed by atoms with Crippen LogP contribution in [0.1, 0.15) is 44.2 Å². The normalized spacial score (nSPS) is 20.5. The van der Waals surface area contributed by atoms with Crippen LogP contribution >= 0.6 is 0 Å². The Morgan fingerprint density at radius 3 is 2.53 bits per heavy atom. The van der Waals surface area contributed by atoms with Crippen molar-refractivity contribution in [3.05, 3.63) is 41.0 Å². The Morgan fingerprint density at radius 2 is 1.89 bits per heavy atom. The fraction of sp³-hybridized carbons (Fsp3) is 0.471. The van der Waals surface area contributed by atoms with Crippen molar-refractivity contribution in [2.45, 2.75) is 53.1 Å². The molecule has 0 aromatic heterocycles. The van der Waals surface area contributed by atoms with Crippen molar-refractivity contribution in [3.63, 3.8) is 0 Å². The zero-order valence-electron chi connectivity index (χ0n) is 12.4. The third kappa shape index (κ3) is 3.25. The minimum absolute atomic E-state index is 0.148. The van der Waals surface area contributed by atoms with E-state index in [0.717, 1.165) is 18.0 Å². The van der Waals surface area contributed by atoms with Crippen LogP contribution in [0, 0.1) is 13.8 Å². The van der Waals surface area contributed by atoms with Crippen molar-refractivity contribution in [2.75, 3.05) is 0 Å². The van der Waals surface area contributed by atoms with Crippen LogP contribution in [0.3, 0.4) is 0 Å². The Labute approximate surface area is 116 Å². The monoisotopic (exact) mass is 257 g/mol. The van der Waals surface area contributed by atoms with Gasteiger partial charge in [0.1, 0.15) is 6.10 Å². The average molecular weight is 257 g/mol. The van der Waals surface area contributed by atoms with Crippen molar-refractivity contribution in [2.24, 2.45) is 4.99 Å². The number of ether oxygens (including phenoxy) is 1. The molecule has 1 aromatic rings. The van der Waals surface area contributed by atoms with Crippen molar-refractivity contribution < 1.29 is 4.74 Å². The molecule has 0 radical (unpaired) electrons. The van der Waals surface area contributed by atoms with E-state index in [2.05, 4.69) is 52.0 Å². The van der Waals surface area contributed by atoms with E-state index in [-0.39, 0.29) is 6.10 Å². The predicted molar refractivity (Wildman–Crippen MR) is 81.2 cm³/mol. The summed E-state index contributed by atoms with van der Waals surface area (Å²) in [6.45, 7) is 8.47. The molecule has 2 heteroatoms. The molecule has 1 unspecified atom stereocenters. The maximum atomic E-state index is 5.84. The van der Waals surface area contributed by atoms with Gasteiger partial charge in [-0.3, -0.25) is 0 Å². The van der Waals surface area contributed by atoms with Crippen LogP contribution in [0.4, 0.5) is 5.69 Å². The molecule has 2 rings (SSSR count). The lowest BCUT2D eigenvalue weighted by molar-refractivity contribution is 0.271. The van der Waals surface area contributed by atoms with Crippen LogP contribution in [-0.4, -0.2) is 12.0 Å². The van der Waals surface area contributed by atoms with E-state index in [1.165, 1.54) is 29.5 Å². The highest BCUT2D eigenvalue weighted by Crippen LogP contribution is 2.28. The van der Waals surface area contributed by atoms with E-state index in [9.17, 15) is 0 Å². The summed E-state index contributed by atoms with van der Waals surface area (Å²) >= 11 is 0. The van der Waals surface area contributed by atoms with Crippen LogP contribution in [0.5, 0.6) is 0 Å². The fourth-order valence-corrected chi connectivity index (χ4v) is 2.38. The van der Waals surface area contributed by atoms with Crippen molar-refractivity contribution in [1.82, 2.24) is 0 Å². The van der Waals surface area contributed by atoms with Crippen LogP contribution in [0.2, 0.25) is 0 Å². The summed E-state index contributed by atoms with van der Waals surface area (Å²) in [6.07, 6.45) is 5.79. The third-order valence-corrected chi connectivity index (χ3v) is 3.46. The van der Waals surface area contributed by atoms with Gasteiger partial charge in [-0.1, -0.05) is 31.5 Å². The zero-order chi connectivity index (χ0) is 13.8. The molecule has 0 aliphatic carbocycles. The summed E-state index contributed by atoms with van der Waals surface area (Å²) in [5.74, 6) is 0.818. The van der Waals surface area contributed by atoms with Crippen LogP contribution in [0.25, 0.3) is 0 Å². The fourth-order valence-electron chi connectivity index (χ4n) is 2.38. The molecule has 0 spiro atoms. The van der Waals surface area contributed by atoms with Gasteiger partial charge < -0.3 is 4.74 Å². The average Bonchev–Trinajstić information content (AvgIpc) is 2.72. The highest BCUT2D eigenvalue weighted by atomic mass is 16.5. The number of para-hydroxylation sites is 1. The molecule has 0 bridgehead atoms. The molecule has 0 amide bonds. The number of nitrogens with zero attached hydrogens (tertiary/aromatic N) is 1. The van der Waals surface area contributed by atoms with Crippen LogP contribution < -0.4 is 0 Å². The van der Waals surface area contributed by atoms with Gasteiger partial charge >= 0.3 is 0 Å². The number of aryl methyl sites for hydroxylation is 2. The standard InChI is InChI=1S/C17H23NO/c1-5-6-10-15-11-14(4)19-17(15)18-16-12(2)8-7-9-13(16)3/h7-9,11,14H,5-6,10H2,1-4H3. The van der Waals surface area contributed by atoms with E-state index < -0.39 is 0 Å². The molecule has 2 nitrogen and oxygen atoms in total. The first-order valence-electron chi connectivity index (χ1n) is 7.14. The molecule has 1 heterocycles.